The summed E-state index contributed by atoms with van der Waals surface area (Å²) in [5.74, 6) is 0. The summed E-state index contributed by atoms with van der Waals surface area (Å²) in [6.45, 7) is 1.89. The zero-order chi connectivity index (χ0) is 20.3. The van der Waals surface area contributed by atoms with E-state index < -0.39 is 7.60 Å². The van der Waals surface area contributed by atoms with Crippen LogP contribution in [-0.4, -0.2) is 22.8 Å². The van der Waals surface area contributed by atoms with Gasteiger partial charge in [-0.25, -0.2) is 0 Å². The van der Waals surface area contributed by atoms with E-state index in [9.17, 15) is 9.46 Å². The van der Waals surface area contributed by atoms with Gasteiger partial charge in [-0.05, 0) is 35.4 Å². The van der Waals surface area contributed by atoms with E-state index in [0.717, 1.165) is 32.9 Å². The number of para-hydroxylation sites is 1. The number of aromatic nitrogens is 1. The minimum atomic E-state index is -3.73. The average molecular weight is 406 g/mol. The van der Waals surface area contributed by atoms with Crippen LogP contribution in [0.15, 0.2) is 78.9 Å². The van der Waals surface area contributed by atoms with E-state index >= 15 is 0 Å². The van der Waals surface area contributed by atoms with Crippen LogP contribution in [0.3, 0.4) is 0 Å². The smallest absolute Gasteiger partial charge is 0.323 e. The van der Waals surface area contributed by atoms with Crippen molar-refractivity contribution >= 4 is 29.3 Å². The fourth-order valence-corrected chi connectivity index (χ4v) is 4.48. The van der Waals surface area contributed by atoms with Gasteiger partial charge in [-0.2, -0.15) is 0 Å². The van der Waals surface area contributed by atoms with Gasteiger partial charge in [0, 0.05) is 5.39 Å². The zero-order valence-corrected chi connectivity index (χ0v) is 17.0. The first-order valence-corrected chi connectivity index (χ1v) is 11.4. The van der Waals surface area contributed by atoms with Crippen molar-refractivity contribution in [2.45, 2.75) is 13.0 Å². The second-order valence-corrected chi connectivity index (χ2v) is 8.70. The Labute approximate surface area is 169 Å². The Hall–Kier alpha value is -2.56. The van der Waals surface area contributed by atoms with Crippen LogP contribution in [0.5, 0.6) is 0 Å². The SMILES string of the molecule is CCOP(=O)(O)CNC(c1ccc2ccccc2n1)c1cccc2ccccc12. The predicted octanol–water partition coefficient (Wildman–Crippen LogP) is 5.25. The maximum atomic E-state index is 12.3. The molecule has 0 saturated carbocycles. The van der Waals surface area contributed by atoms with Crippen LogP contribution in [0.2, 0.25) is 0 Å². The Bertz CT molecular complexity index is 1190. The van der Waals surface area contributed by atoms with Crippen molar-refractivity contribution in [3.8, 4) is 0 Å². The molecule has 2 N–H and O–H groups in total. The van der Waals surface area contributed by atoms with Crippen molar-refractivity contribution in [1.29, 1.82) is 0 Å². The third kappa shape index (κ3) is 4.39. The standard InChI is InChI=1S/C23H23N2O3P/c1-2-28-29(26,27)16-24-23(20-12-7-10-17-8-3-5-11-19(17)20)22-15-14-18-9-4-6-13-21(18)25-22/h3-15,23-24H,2,16H2,1H3,(H,26,27). The van der Waals surface area contributed by atoms with E-state index in [0.29, 0.717) is 0 Å². The third-order valence-electron chi connectivity index (χ3n) is 4.88. The molecular weight excluding hydrogens is 383 g/mol. The second kappa shape index (κ2) is 8.44. The Balaban J connectivity index is 1.80. The second-order valence-electron chi connectivity index (χ2n) is 6.85. The minimum absolute atomic E-state index is 0.163. The van der Waals surface area contributed by atoms with E-state index in [4.69, 9.17) is 9.51 Å². The molecule has 4 rings (SSSR count). The number of fused-ring (bicyclic) bond motifs is 2. The molecule has 0 aliphatic rings. The molecule has 4 aromatic rings. The van der Waals surface area contributed by atoms with Gasteiger partial charge in [0.25, 0.3) is 0 Å². The minimum Gasteiger partial charge on any atom is -0.323 e. The molecule has 0 fully saturated rings. The molecule has 29 heavy (non-hydrogen) atoms. The van der Waals surface area contributed by atoms with E-state index in [1.165, 1.54) is 0 Å². The number of nitrogens with one attached hydrogen (secondary N) is 1. The molecule has 1 heterocycles. The molecule has 0 spiro atoms. The third-order valence-corrected chi connectivity index (χ3v) is 6.12. The molecule has 2 unspecified atom stereocenters. The summed E-state index contributed by atoms with van der Waals surface area (Å²) >= 11 is 0. The highest BCUT2D eigenvalue weighted by Gasteiger charge is 2.24. The summed E-state index contributed by atoms with van der Waals surface area (Å²) in [7, 11) is -3.73. The Kier molecular flexibility index (Phi) is 5.74. The number of rotatable bonds is 7. The maximum Gasteiger partial charge on any atom is 0.341 e. The molecule has 1 aromatic heterocycles. The summed E-state index contributed by atoms with van der Waals surface area (Å²) in [4.78, 5) is 14.9. The number of benzene rings is 3. The van der Waals surface area contributed by atoms with Crippen molar-refractivity contribution in [3.05, 3.63) is 90.1 Å². The van der Waals surface area contributed by atoms with Crippen LogP contribution in [0, 0.1) is 0 Å². The molecule has 3 aromatic carbocycles. The monoisotopic (exact) mass is 406 g/mol. The van der Waals surface area contributed by atoms with Crippen LogP contribution in [0.1, 0.15) is 24.2 Å². The van der Waals surface area contributed by atoms with E-state index in [2.05, 4.69) is 23.5 Å². The predicted molar refractivity (Wildman–Crippen MR) is 117 cm³/mol. The van der Waals surface area contributed by atoms with Gasteiger partial charge in [0.1, 0.15) is 0 Å². The molecular formula is C23H23N2O3P. The Morgan fingerprint density at radius 3 is 2.52 bits per heavy atom. The number of pyridine rings is 1. The summed E-state index contributed by atoms with van der Waals surface area (Å²) in [5.41, 5.74) is 2.67. The molecule has 0 aliphatic heterocycles. The Morgan fingerprint density at radius 2 is 1.69 bits per heavy atom. The van der Waals surface area contributed by atoms with Crippen LogP contribution in [0.4, 0.5) is 0 Å². The van der Waals surface area contributed by atoms with Crippen molar-refractivity contribution in [1.82, 2.24) is 10.3 Å². The molecule has 2 atom stereocenters. The normalized spacial score (nSPS) is 14.7. The van der Waals surface area contributed by atoms with Crippen molar-refractivity contribution < 1.29 is 14.0 Å². The summed E-state index contributed by atoms with van der Waals surface area (Å²) in [5, 5.41) is 6.47. The molecule has 0 bridgehead atoms. The molecule has 148 valence electrons. The van der Waals surface area contributed by atoms with Crippen molar-refractivity contribution in [2.24, 2.45) is 0 Å². The van der Waals surface area contributed by atoms with E-state index in [1.54, 1.807) is 6.92 Å². The van der Waals surface area contributed by atoms with Crippen LogP contribution < -0.4 is 5.32 Å². The van der Waals surface area contributed by atoms with Crippen molar-refractivity contribution in [3.63, 3.8) is 0 Å². The van der Waals surface area contributed by atoms with Crippen molar-refractivity contribution in [2.75, 3.05) is 12.9 Å². The highest BCUT2D eigenvalue weighted by Crippen LogP contribution is 2.41. The van der Waals surface area contributed by atoms with E-state index in [1.807, 2.05) is 60.7 Å². The lowest BCUT2D eigenvalue weighted by molar-refractivity contribution is 0.270. The fraction of sp³-hybridized carbons (Fsp3) is 0.174. The highest BCUT2D eigenvalue weighted by molar-refractivity contribution is 7.52. The van der Waals surface area contributed by atoms with Gasteiger partial charge in [-0.3, -0.25) is 14.9 Å². The number of hydrogen-bond donors (Lipinski definition) is 2. The zero-order valence-electron chi connectivity index (χ0n) is 16.2. The van der Waals surface area contributed by atoms with E-state index in [-0.39, 0.29) is 18.9 Å². The molecule has 0 saturated heterocycles. The first-order chi connectivity index (χ1) is 14.1. The molecule has 0 radical (unpaired) electrons. The van der Waals surface area contributed by atoms with Gasteiger partial charge in [-0.15, -0.1) is 0 Å². The first-order valence-electron chi connectivity index (χ1n) is 9.60. The Morgan fingerprint density at radius 1 is 0.966 bits per heavy atom. The van der Waals surface area contributed by atoms with Gasteiger partial charge < -0.3 is 9.42 Å². The van der Waals surface area contributed by atoms with Gasteiger partial charge in [0.2, 0.25) is 0 Å². The fourth-order valence-electron chi connectivity index (χ4n) is 3.57. The lowest BCUT2D eigenvalue weighted by atomic mass is 9.96. The van der Waals surface area contributed by atoms with Gasteiger partial charge in [-0.1, -0.05) is 66.7 Å². The lowest BCUT2D eigenvalue weighted by Gasteiger charge is -2.22. The molecule has 5 nitrogen and oxygen atoms in total. The number of hydrogen-bond acceptors (Lipinski definition) is 4. The molecule has 0 amide bonds. The van der Waals surface area contributed by atoms with Gasteiger partial charge >= 0.3 is 7.60 Å². The summed E-state index contributed by atoms with van der Waals surface area (Å²) < 4.78 is 17.3. The maximum absolute atomic E-state index is 12.3. The summed E-state index contributed by atoms with van der Waals surface area (Å²) in [6.07, 6.45) is -0.163. The topological polar surface area (TPSA) is 71.5 Å². The van der Waals surface area contributed by atoms with Crippen LogP contribution in [0.25, 0.3) is 21.7 Å². The quantitative estimate of drug-likeness (QED) is 0.411. The summed E-state index contributed by atoms with van der Waals surface area (Å²) in [6, 6.07) is 25.7. The average Bonchev–Trinajstić information content (AvgIpc) is 2.74. The van der Waals surface area contributed by atoms with Gasteiger partial charge in [0.05, 0.1) is 30.1 Å². The largest absolute Gasteiger partial charge is 0.341 e. The lowest BCUT2D eigenvalue weighted by Crippen LogP contribution is -2.25. The van der Waals surface area contributed by atoms with Gasteiger partial charge in [0.15, 0.2) is 0 Å². The molecule has 6 heteroatoms. The number of nitrogens with zero attached hydrogens (tertiary/aromatic N) is 1. The highest BCUT2D eigenvalue weighted by atomic mass is 31.2. The van der Waals surface area contributed by atoms with Crippen LogP contribution >= 0.6 is 7.60 Å². The molecule has 0 aliphatic carbocycles. The first kappa shape index (κ1) is 19.7. The van der Waals surface area contributed by atoms with Crippen LogP contribution in [-0.2, 0) is 9.09 Å².